The molecular formula is C11H12F2N2O2. The molecule has 0 aliphatic carbocycles. The third kappa shape index (κ3) is 2.71. The predicted molar refractivity (Wildman–Crippen MR) is 57.6 cm³/mol. The average Bonchev–Trinajstić information content (AvgIpc) is 2.69. The monoisotopic (exact) mass is 242 g/mol. The van der Waals surface area contributed by atoms with Crippen molar-refractivity contribution in [2.45, 2.75) is 12.5 Å². The Kier molecular flexibility index (Phi) is 3.23. The van der Waals surface area contributed by atoms with Gasteiger partial charge in [0.05, 0.1) is 11.8 Å². The number of carbonyl (C=O) groups is 1. The molecule has 1 aromatic carbocycles. The fourth-order valence-electron chi connectivity index (χ4n) is 1.71. The molecule has 1 fully saturated rings. The fraction of sp³-hybridized carbons (Fsp3) is 0.364. The molecule has 0 saturated carbocycles. The number of likely N-dealkylation sites (tertiary alicyclic amines) is 1. The molecule has 2 rings (SSSR count). The first-order valence-corrected chi connectivity index (χ1v) is 5.25. The molecule has 2 amide bonds. The number of nitrogens with zero attached hydrogens (tertiary/aromatic N) is 1. The number of anilines is 1. The maximum atomic E-state index is 13.3. The van der Waals surface area contributed by atoms with E-state index in [1.165, 1.54) is 4.90 Å². The molecule has 1 aromatic rings. The fourth-order valence-corrected chi connectivity index (χ4v) is 1.71. The van der Waals surface area contributed by atoms with Gasteiger partial charge in [0.15, 0.2) is 0 Å². The maximum absolute atomic E-state index is 13.3. The van der Waals surface area contributed by atoms with E-state index in [0.717, 1.165) is 12.1 Å². The van der Waals surface area contributed by atoms with Crippen LogP contribution in [0.4, 0.5) is 19.3 Å². The molecule has 1 atom stereocenters. The van der Waals surface area contributed by atoms with Crippen LogP contribution in [0, 0.1) is 11.6 Å². The summed E-state index contributed by atoms with van der Waals surface area (Å²) < 4.78 is 25.9. The highest BCUT2D eigenvalue weighted by atomic mass is 19.1. The number of β-amino-alcohol motifs (C(OH)–C–C–N with tert-alkyl or cyclic N) is 1. The summed E-state index contributed by atoms with van der Waals surface area (Å²) in [5, 5.41) is 11.6. The van der Waals surface area contributed by atoms with Crippen LogP contribution in [0.2, 0.25) is 0 Å². The van der Waals surface area contributed by atoms with E-state index in [-0.39, 0.29) is 12.2 Å². The standard InChI is InChI=1S/C11H12F2N2O2/c12-7-1-2-10(9(13)5-7)14-11(17)15-4-3-8(16)6-15/h1-2,5,8,16H,3-4,6H2,(H,14,17)/t8-/m0/s1. The number of hydrogen-bond acceptors (Lipinski definition) is 2. The quantitative estimate of drug-likeness (QED) is 0.785. The van der Waals surface area contributed by atoms with Crippen LogP contribution in [-0.2, 0) is 0 Å². The molecule has 0 bridgehead atoms. The number of carbonyl (C=O) groups excluding carboxylic acids is 1. The molecule has 4 nitrogen and oxygen atoms in total. The molecule has 1 aliphatic rings. The van der Waals surface area contributed by atoms with Crippen molar-refractivity contribution in [1.29, 1.82) is 0 Å². The third-order valence-electron chi connectivity index (χ3n) is 2.62. The highest BCUT2D eigenvalue weighted by Crippen LogP contribution is 2.17. The zero-order valence-corrected chi connectivity index (χ0v) is 8.99. The Balaban J connectivity index is 2.03. The van der Waals surface area contributed by atoms with Crippen LogP contribution in [0.25, 0.3) is 0 Å². The van der Waals surface area contributed by atoms with Gasteiger partial charge in [-0.3, -0.25) is 0 Å². The highest BCUT2D eigenvalue weighted by Gasteiger charge is 2.24. The highest BCUT2D eigenvalue weighted by molar-refractivity contribution is 5.89. The first kappa shape index (κ1) is 11.8. The minimum absolute atomic E-state index is 0.0715. The van der Waals surface area contributed by atoms with Crippen LogP contribution in [0.5, 0.6) is 0 Å². The van der Waals surface area contributed by atoms with E-state index in [1.54, 1.807) is 0 Å². The smallest absolute Gasteiger partial charge is 0.322 e. The lowest BCUT2D eigenvalue weighted by Gasteiger charge is -2.16. The van der Waals surface area contributed by atoms with Crippen molar-refractivity contribution in [3.8, 4) is 0 Å². The predicted octanol–water partition coefficient (Wildman–Crippen LogP) is 1.56. The van der Waals surface area contributed by atoms with Gasteiger partial charge in [-0.2, -0.15) is 0 Å². The third-order valence-corrected chi connectivity index (χ3v) is 2.62. The summed E-state index contributed by atoms with van der Waals surface area (Å²) in [5.41, 5.74) is -0.0715. The van der Waals surface area contributed by atoms with Crippen LogP contribution >= 0.6 is 0 Å². The van der Waals surface area contributed by atoms with Crippen LogP contribution in [-0.4, -0.2) is 35.2 Å². The van der Waals surface area contributed by atoms with E-state index < -0.39 is 23.8 Å². The average molecular weight is 242 g/mol. The molecule has 2 N–H and O–H groups in total. The Labute approximate surface area is 96.8 Å². The zero-order chi connectivity index (χ0) is 12.4. The lowest BCUT2D eigenvalue weighted by Crippen LogP contribution is -2.33. The Morgan fingerprint density at radius 2 is 2.24 bits per heavy atom. The van der Waals surface area contributed by atoms with Crippen molar-refractivity contribution < 1.29 is 18.7 Å². The normalized spacial score (nSPS) is 19.5. The summed E-state index contributed by atoms with van der Waals surface area (Å²) in [7, 11) is 0. The summed E-state index contributed by atoms with van der Waals surface area (Å²) in [4.78, 5) is 13.0. The van der Waals surface area contributed by atoms with Gasteiger partial charge in [0.25, 0.3) is 0 Å². The number of aliphatic hydroxyl groups excluding tert-OH is 1. The van der Waals surface area contributed by atoms with E-state index in [1.807, 2.05) is 0 Å². The van der Waals surface area contributed by atoms with Crippen molar-refractivity contribution >= 4 is 11.7 Å². The molecule has 17 heavy (non-hydrogen) atoms. The van der Waals surface area contributed by atoms with Crippen LogP contribution < -0.4 is 5.32 Å². The number of aliphatic hydroxyl groups is 1. The van der Waals surface area contributed by atoms with Crippen molar-refractivity contribution in [2.24, 2.45) is 0 Å². The number of halogens is 2. The van der Waals surface area contributed by atoms with Crippen LogP contribution in [0.1, 0.15) is 6.42 Å². The van der Waals surface area contributed by atoms with Crippen molar-refractivity contribution in [1.82, 2.24) is 4.90 Å². The van der Waals surface area contributed by atoms with E-state index in [4.69, 9.17) is 0 Å². The summed E-state index contributed by atoms with van der Waals surface area (Å²) >= 11 is 0. The number of amides is 2. The van der Waals surface area contributed by atoms with Gasteiger partial charge in [-0.1, -0.05) is 0 Å². The molecule has 1 heterocycles. The minimum Gasteiger partial charge on any atom is -0.391 e. The lowest BCUT2D eigenvalue weighted by atomic mass is 10.3. The second-order valence-electron chi connectivity index (χ2n) is 3.94. The first-order chi connectivity index (χ1) is 8.06. The maximum Gasteiger partial charge on any atom is 0.322 e. The second kappa shape index (κ2) is 4.67. The Morgan fingerprint density at radius 3 is 2.82 bits per heavy atom. The van der Waals surface area contributed by atoms with E-state index in [0.29, 0.717) is 19.0 Å². The minimum atomic E-state index is -0.821. The van der Waals surface area contributed by atoms with Gasteiger partial charge in [-0.05, 0) is 18.6 Å². The summed E-state index contributed by atoms with van der Waals surface area (Å²) in [5.74, 6) is -1.52. The van der Waals surface area contributed by atoms with Gasteiger partial charge in [0.2, 0.25) is 0 Å². The topological polar surface area (TPSA) is 52.6 Å². The second-order valence-corrected chi connectivity index (χ2v) is 3.94. The molecule has 0 unspecified atom stereocenters. The molecule has 6 heteroatoms. The molecule has 0 radical (unpaired) electrons. The van der Waals surface area contributed by atoms with E-state index >= 15 is 0 Å². The molecule has 1 saturated heterocycles. The van der Waals surface area contributed by atoms with Gasteiger partial charge < -0.3 is 15.3 Å². The first-order valence-electron chi connectivity index (χ1n) is 5.25. The van der Waals surface area contributed by atoms with Crippen molar-refractivity contribution in [3.63, 3.8) is 0 Å². The van der Waals surface area contributed by atoms with E-state index in [9.17, 15) is 18.7 Å². The summed E-state index contributed by atoms with van der Waals surface area (Å²) in [6.45, 7) is 0.657. The number of benzene rings is 1. The SMILES string of the molecule is O=C(Nc1ccc(F)cc1F)N1CC[C@H](O)C1. The van der Waals surface area contributed by atoms with Crippen molar-refractivity contribution in [2.75, 3.05) is 18.4 Å². The molecular weight excluding hydrogens is 230 g/mol. The zero-order valence-electron chi connectivity index (χ0n) is 8.99. The Morgan fingerprint density at radius 1 is 1.47 bits per heavy atom. The number of urea groups is 1. The largest absolute Gasteiger partial charge is 0.391 e. The van der Waals surface area contributed by atoms with Crippen molar-refractivity contribution in [3.05, 3.63) is 29.8 Å². The van der Waals surface area contributed by atoms with Crippen LogP contribution in [0.15, 0.2) is 18.2 Å². The Bertz CT molecular complexity index is 439. The van der Waals surface area contributed by atoms with Gasteiger partial charge in [0.1, 0.15) is 11.6 Å². The van der Waals surface area contributed by atoms with E-state index in [2.05, 4.69) is 5.32 Å². The van der Waals surface area contributed by atoms with Crippen LogP contribution in [0.3, 0.4) is 0 Å². The molecule has 0 spiro atoms. The molecule has 92 valence electrons. The number of rotatable bonds is 1. The number of hydrogen-bond donors (Lipinski definition) is 2. The summed E-state index contributed by atoms with van der Waals surface area (Å²) in [6.07, 6.45) is -0.0157. The summed E-state index contributed by atoms with van der Waals surface area (Å²) in [6, 6.07) is 2.44. The van der Waals surface area contributed by atoms with Gasteiger partial charge in [0, 0.05) is 19.2 Å². The Hall–Kier alpha value is -1.69. The van der Waals surface area contributed by atoms with Gasteiger partial charge in [-0.15, -0.1) is 0 Å². The molecule has 0 aromatic heterocycles. The van der Waals surface area contributed by atoms with Gasteiger partial charge in [-0.25, -0.2) is 13.6 Å². The lowest BCUT2D eigenvalue weighted by molar-refractivity contribution is 0.176. The number of nitrogens with one attached hydrogen (secondary N) is 1. The van der Waals surface area contributed by atoms with Gasteiger partial charge >= 0.3 is 6.03 Å². The molecule has 1 aliphatic heterocycles.